The molecule has 0 aliphatic heterocycles. The highest BCUT2D eigenvalue weighted by Crippen LogP contribution is 2.45. The van der Waals surface area contributed by atoms with Crippen LogP contribution >= 0.6 is 15.6 Å². The van der Waals surface area contributed by atoms with E-state index < -0.39 is 97.5 Å². The number of hydrogen-bond acceptors (Lipinski definition) is 15. The SMILES string of the molecule is CCCCCCCCCCCCCCCCCCC(=O)OC[C@H](COP(=O)(O)OC[C@@H](O)COP(=O)(O)OC[C@@H](COC(=O)CCCCCCCCCCC)OC(=O)CCCCCCCCCCCC)OC(=O)CCCCCCCCCCCCCCCCCCC(C)C. The second-order valence-electron chi connectivity index (χ2n) is 27.5. The van der Waals surface area contributed by atoms with Gasteiger partial charge >= 0.3 is 39.5 Å². The van der Waals surface area contributed by atoms with Gasteiger partial charge < -0.3 is 33.8 Å². The topological polar surface area (TPSA) is 237 Å². The Kier molecular flexibility index (Phi) is 66.8. The Morgan fingerprint density at radius 3 is 0.723 bits per heavy atom. The van der Waals surface area contributed by atoms with Crippen LogP contribution in [-0.4, -0.2) is 96.7 Å². The van der Waals surface area contributed by atoms with Crippen molar-refractivity contribution in [1.82, 2.24) is 0 Å². The monoisotopic (exact) mass is 1380 g/mol. The van der Waals surface area contributed by atoms with Gasteiger partial charge in [0.2, 0.25) is 0 Å². The van der Waals surface area contributed by atoms with Crippen molar-refractivity contribution in [1.29, 1.82) is 0 Å². The van der Waals surface area contributed by atoms with Crippen molar-refractivity contribution in [2.75, 3.05) is 39.6 Å². The van der Waals surface area contributed by atoms with Crippen LogP contribution in [0.1, 0.15) is 394 Å². The molecule has 0 aromatic heterocycles. The molecule has 0 aliphatic carbocycles. The molecule has 0 rings (SSSR count). The third kappa shape index (κ3) is 68.6. The van der Waals surface area contributed by atoms with Crippen LogP contribution < -0.4 is 0 Å². The second-order valence-corrected chi connectivity index (χ2v) is 30.4. The molecule has 0 saturated carbocycles. The van der Waals surface area contributed by atoms with Crippen molar-refractivity contribution in [3.8, 4) is 0 Å². The summed E-state index contributed by atoms with van der Waals surface area (Å²) in [6.07, 6.45) is 56.9. The number of phosphoric acid groups is 2. The first-order chi connectivity index (χ1) is 45.5. The molecule has 94 heavy (non-hydrogen) atoms. The van der Waals surface area contributed by atoms with E-state index in [0.717, 1.165) is 95.8 Å². The van der Waals surface area contributed by atoms with Crippen LogP contribution in [0, 0.1) is 5.92 Å². The van der Waals surface area contributed by atoms with Crippen molar-refractivity contribution >= 4 is 39.5 Å². The molecule has 3 N–H and O–H groups in total. The molecular formula is C75H146O17P2. The van der Waals surface area contributed by atoms with Crippen LogP contribution in [-0.2, 0) is 65.4 Å². The van der Waals surface area contributed by atoms with Gasteiger partial charge in [0.15, 0.2) is 12.2 Å². The number of aliphatic hydroxyl groups excluding tert-OH is 1. The Hall–Kier alpha value is -1.94. The van der Waals surface area contributed by atoms with E-state index in [9.17, 15) is 43.2 Å². The van der Waals surface area contributed by atoms with Crippen LogP contribution in [0.25, 0.3) is 0 Å². The van der Waals surface area contributed by atoms with E-state index >= 15 is 0 Å². The first kappa shape index (κ1) is 92.1. The number of aliphatic hydroxyl groups is 1. The maximum atomic E-state index is 13.1. The minimum atomic E-state index is -4.96. The number of hydrogen-bond donors (Lipinski definition) is 3. The van der Waals surface area contributed by atoms with Crippen LogP contribution in [0.5, 0.6) is 0 Å². The van der Waals surface area contributed by atoms with Gasteiger partial charge in [-0.1, -0.05) is 343 Å². The highest BCUT2D eigenvalue weighted by Gasteiger charge is 2.30. The van der Waals surface area contributed by atoms with Gasteiger partial charge in [-0.05, 0) is 31.6 Å². The molecule has 19 heteroatoms. The van der Waals surface area contributed by atoms with Crippen LogP contribution in [0.3, 0.4) is 0 Å². The Morgan fingerprint density at radius 2 is 0.489 bits per heavy atom. The fraction of sp³-hybridized carbons (Fsp3) is 0.947. The van der Waals surface area contributed by atoms with Gasteiger partial charge in [0.05, 0.1) is 26.4 Å². The fourth-order valence-corrected chi connectivity index (χ4v) is 13.1. The van der Waals surface area contributed by atoms with E-state index in [1.807, 2.05) is 0 Å². The van der Waals surface area contributed by atoms with Crippen molar-refractivity contribution in [3.63, 3.8) is 0 Å². The number of esters is 4. The molecule has 558 valence electrons. The van der Waals surface area contributed by atoms with Crippen LogP contribution in [0.4, 0.5) is 0 Å². The molecule has 0 fully saturated rings. The Morgan fingerprint density at radius 1 is 0.287 bits per heavy atom. The summed E-state index contributed by atoms with van der Waals surface area (Å²) in [5, 5.41) is 10.6. The third-order valence-corrected chi connectivity index (χ3v) is 19.4. The van der Waals surface area contributed by atoms with E-state index in [0.29, 0.717) is 25.7 Å². The number of unbranched alkanes of at least 4 members (excludes halogenated alkanes) is 47. The largest absolute Gasteiger partial charge is 0.472 e. The van der Waals surface area contributed by atoms with Gasteiger partial charge in [-0.15, -0.1) is 0 Å². The molecule has 0 heterocycles. The minimum Gasteiger partial charge on any atom is -0.462 e. The summed E-state index contributed by atoms with van der Waals surface area (Å²) >= 11 is 0. The highest BCUT2D eigenvalue weighted by atomic mass is 31.2. The van der Waals surface area contributed by atoms with Gasteiger partial charge in [0.1, 0.15) is 19.3 Å². The maximum absolute atomic E-state index is 13.1. The Bertz CT molecular complexity index is 1810. The average molecular weight is 1380 g/mol. The van der Waals surface area contributed by atoms with Gasteiger partial charge in [-0.2, -0.15) is 0 Å². The maximum Gasteiger partial charge on any atom is 0.472 e. The van der Waals surface area contributed by atoms with Gasteiger partial charge in [-0.25, -0.2) is 9.13 Å². The van der Waals surface area contributed by atoms with Gasteiger partial charge in [-0.3, -0.25) is 37.3 Å². The first-order valence-electron chi connectivity index (χ1n) is 39.1. The van der Waals surface area contributed by atoms with Crippen molar-refractivity contribution in [3.05, 3.63) is 0 Å². The number of carbonyl (C=O) groups excluding carboxylic acids is 4. The van der Waals surface area contributed by atoms with Crippen molar-refractivity contribution < 1.29 is 80.2 Å². The first-order valence-corrected chi connectivity index (χ1v) is 42.1. The third-order valence-electron chi connectivity index (χ3n) is 17.5. The number of phosphoric ester groups is 2. The Balaban J connectivity index is 5.20. The summed E-state index contributed by atoms with van der Waals surface area (Å²) in [7, 11) is -9.90. The lowest BCUT2D eigenvalue weighted by Gasteiger charge is -2.21. The van der Waals surface area contributed by atoms with Gasteiger partial charge in [0.25, 0.3) is 0 Å². The molecule has 0 spiro atoms. The molecule has 0 bridgehead atoms. The normalized spacial score (nSPS) is 14.0. The number of rotatable bonds is 75. The highest BCUT2D eigenvalue weighted by molar-refractivity contribution is 7.47. The van der Waals surface area contributed by atoms with E-state index in [2.05, 4.69) is 34.6 Å². The number of ether oxygens (including phenoxy) is 4. The summed E-state index contributed by atoms with van der Waals surface area (Å²) in [6.45, 7) is 7.29. The zero-order valence-corrected chi connectivity index (χ0v) is 62.9. The molecule has 0 saturated heterocycles. The molecule has 0 radical (unpaired) electrons. The zero-order chi connectivity index (χ0) is 69.1. The van der Waals surface area contributed by atoms with E-state index in [1.54, 1.807) is 0 Å². The molecule has 2 unspecified atom stereocenters. The smallest absolute Gasteiger partial charge is 0.462 e. The van der Waals surface area contributed by atoms with E-state index in [1.165, 1.54) is 218 Å². The van der Waals surface area contributed by atoms with Crippen molar-refractivity contribution in [2.45, 2.75) is 412 Å². The van der Waals surface area contributed by atoms with Crippen LogP contribution in [0.2, 0.25) is 0 Å². The predicted octanol–water partition coefficient (Wildman–Crippen LogP) is 22.1. The molecular weight excluding hydrogens is 1230 g/mol. The predicted molar refractivity (Wildman–Crippen MR) is 382 cm³/mol. The van der Waals surface area contributed by atoms with Gasteiger partial charge in [0, 0.05) is 25.7 Å². The average Bonchev–Trinajstić information content (AvgIpc) is 1.28. The fourth-order valence-electron chi connectivity index (χ4n) is 11.5. The summed E-state index contributed by atoms with van der Waals surface area (Å²) in [4.78, 5) is 72.7. The molecule has 17 nitrogen and oxygen atoms in total. The molecule has 0 aromatic carbocycles. The molecule has 0 aliphatic rings. The molecule has 0 amide bonds. The van der Waals surface area contributed by atoms with E-state index in [4.69, 9.17) is 37.0 Å². The lowest BCUT2D eigenvalue weighted by Crippen LogP contribution is -2.30. The summed E-state index contributed by atoms with van der Waals surface area (Å²) in [6, 6.07) is 0. The quantitative estimate of drug-likeness (QED) is 0.0222. The molecule has 0 aromatic rings. The van der Waals surface area contributed by atoms with E-state index in [-0.39, 0.29) is 25.7 Å². The minimum absolute atomic E-state index is 0.107. The standard InChI is InChI=1S/C75H146O17P2/c1-6-9-12-15-18-21-23-24-25-29-32-35-40-44-49-54-59-73(78)86-65-71(92-75(80)61-56-51-46-41-36-33-30-27-26-28-31-34-38-42-47-52-57-68(4)5)67-90-94(83,84)88-63-69(76)62-87-93(81,82)89-66-70(64-85-72(77)58-53-48-43-37-20-17-14-11-8-3)91-74(79)60-55-50-45-39-22-19-16-13-10-7-2/h68-71,76H,6-67H2,1-5H3,(H,81,82)(H,83,84)/t69-,70+,71+/m0/s1. The Labute approximate surface area is 575 Å². The second kappa shape index (κ2) is 68.2. The number of carbonyl (C=O) groups is 4. The summed E-state index contributed by atoms with van der Waals surface area (Å²) in [5.41, 5.74) is 0. The molecule has 5 atom stereocenters. The summed E-state index contributed by atoms with van der Waals surface area (Å²) in [5.74, 6) is -1.31. The zero-order valence-electron chi connectivity index (χ0n) is 61.1. The van der Waals surface area contributed by atoms with Crippen LogP contribution in [0.15, 0.2) is 0 Å². The lowest BCUT2D eigenvalue weighted by atomic mass is 10.0. The van der Waals surface area contributed by atoms with Crippen molar-refractivity contribution in [2.24, 2.45) is 5.92 Å². The summed E-state index contributed by atoms with van der Waals surface area (Å²) < 4.78 is 68.4. The lowest BCUT2D eigenvalue weighted by molar-refractivity contribution is -0.161.